The maximum Gasteiger partial charge on any atom is 0.0945 e. The van der Waals surface area contributed by atoms with E-state index >= 15 is 0 Å². The van der Waals surface area contributed by atoms with Gasteiger partial charge in [-0.1, -0.05) is 11.6 Å². The molecule has 3 nitrogen and oxygen atoms in total. The van der Waals surface area contributed by atoms with E-state index in [9.17, 15) is 0 Å². The molecule has 4 heteroatoms. The molecule has 1 aromatic carbocycles. The lowest BCUT2D eigenvalue weighted by atomic mass is 10.3. The van der Waals surface area contributed by atoms with Crippen LogP contribution in [0.4, 0.5) is 0 Å². The van der Waals surface area contributed by atoms with E-state index < -0.39 is 0 Å². The summed E-state index contributed by atoms with van der Waals surface area (Å²) < 4.78 is 0. The summed E-state index contributed by atoms with van der Waals surface area (Å²) in [5, 5.41) is 5.65. The van der Waals surface area contributed by atoms with Crippen molar-refractivity contribution < 1.29 is 0 Å². The molecule has 0 bridgehead atoms. The second kappa shape index (κ2) is 2.13. The van der Waals surface area contributed by atoms with Gasteiger partial charge >= 0.3 is 0 Å². The second-order valence-corrected chi connectivity index (χ2v) is 2.75. The lowest BCUT2D eigenvalue weighted by Crippen LogP contribution is -2.07. The highest BCUT2D eigenvalue weighted by Crippen LogP contribution is 2.16. The first-order chi connectivity index (χ1) is 5.25. The quantitative estimate of drug-likeness (QED) is 0.603. The van der Waals surface area contributed by atoms with Crippen LogP contribution in [0, 0.1) is 0 Å². The van der Waals surface area contributed by atoms with E-state index in [2.05, 4.69) is 5.10 Å². The summed E-state index contributed by atoms with van der Waals surface area (Å²) in [5.74, 6) is 5.40. The fourth-order valence-corrected chi connectivity index (χ4v) is 1.20. The van der Waals surface area contributed by atoms with Gasteiger partial charge in [-0.15, -0.1) is 0 Å². The van der Waals surface area contributed by atoms with Crippen LogP contribution in [0.1, 0.15) is 0 Å². The molecule has 2 aromatic rings. The van der Waals surface area contributed by atoms with Crippen molar-refractivity contribution in [2.75, 3.05) is 5.84 Å². The Bertz CT molecular complexity index is 393. The lowest BCUT2D eigenvalue weighted by molar-refractivity contribution is 0.846. The highest BCUT2D eigenvalue weighted by Gasteiger charge is 1.97. The first-order valence-electron chi connectivity index (χ1n) is 3.16. The number of nitrogen functional groups attached to an aromatic ring is 1. The summed E-state index contributed by atoms with van der Waals surface area (Å²) in [4.78, 5) is 1.28. The summed E-state index contributed by atoms with van der Waals surface area (Å²) in [6.45, 7) is 0. The molecule has 0 aliphatic heterocycles. The van der Waals surface area contributed by atoms with E-state index in [1.165, 1.54) is 4.79 Å². The first kappa shape index (κ1) is 6.49. The Morgan fingerprint density at radius 3 is 3.09 bits per heavy atom. The lowest BCUT2D eigenvalue weighted by Gasteiger charge is -1.86. The number of aromatic nitrogens is 2. The van der Waals surface area contributed by atoms with Crippen molar-refractivity contribution >= 4 is 22.5 Å². The molecule has 0 saturated carbocycles. The van der Waals surface area contributed by atoms with Gasteiger partial charge in [0, 0.05) is 10.4 Å². The number of benzene rings is 1. The molecule has 0 fully saturated rings. The number of halogens is 1. The average Bonchev–Trinajstić information content (AvgIpc) is 2.27. The number of fused-ring (bicyclic) bond motifs is 1. The number of nitrogens with zero attached hydrogens (tertiary/aromatic N) is 2. The van der Waals surface area contributed by atoms with Crippen LogP contribution in [0.15, 0.2) is 24.4 Å². The normalized spacial score (nSPS) is 10.6. The summed E-state index contributed by atoms with van der Waals surface area (Å²) in [6, 6.07) is 5.45. The summed E-state index contributed by atoms with van der Waals surface area (Å²) in [7, 11) is 0. The highest BCUT2D eigenvalue weighted by atomic mass is 35.5. The highest BCUT2D eigenvalue weighted by molar-refractivity contribution is 6.31. The molecular formula is C7H6ClN3. The molecule has 0 aliphatic rings. The minimum Gasteiger partial charge on any atom is -0.323 e. The maximum absolute atomic E-state index is 5.75. The minimum absolute atomic E-state index is 0.700. The van der Waals surface area contributed by atoms with Gasteiger partial charge in [-0.25, -0.2) is 0 Å². The van der Waals surface area contributed by atoms with Crippen LogP contribution < -0.4 is 5.84 Å². The Labute approximate surface area is 68.3 Å². The van der Waals surface area contributed by atoms with Crippen LogP contribution >= 0.6 is 11.6 Å². The molecule has 0 atom stereocenters. The molecule has 56 valence electrons. The third kappa shape index (κ3) is 1.03. The van der Waals surface area contributed by atoms with Crippen molar-refractivity contribution in [2.24, 2.45) is 0 Å². The van der Waals surface area contributed by atoms with Crippen LogP contribution in [0.2, 0.25) is 5.02 Å². The van der Waals surface area contributed by atoms with Gasteiger partial charge in [0.1, 0.15) is 0 Å². The van der Waals surface area contributed by atoms with Crippen molar-refractivity contribution in [2.45, 2.75) is 0 Å². The third-order valence-corrected chi connectivity index (χ3v) is 1.72. The predicted octanol–water partition coefficient (Wildman–Crippen LogP) is 1.40. The van der Waals surface area contributed by atoms with Gasteiger partial charge in [-0.05, 0) is 18.2 Å². The smallest absolute Gasteiger partial charge is 0.0945 e. The first-order valence-corrected chi connectivity index (χ1v) is 3.53. The topological polar surface area (TPSA) is 43.8 Å². The van der Waals surface area contributed by atoms with E-state index in [0.29, 0.717) is 5.02 Å². The van der Waals surface area contributed by atoms with E-state index in [0.717, 1.165) is 10.9 Å². The van der Waals surface area contributed by atoms with Crippen molar-refractivity contribution in [3.63, 3.8) is 0 Å². The van der Waals surface area contributed by atoms with Crippen LogP contribution in [0.25, 0.3) is 10.9 Å². The van der Waals surface area contributed by atoms with Gasteiger partial charge in [-0.2, -0.15) is 9.89 Å². The zero-order valence-electron chi connectivity index (χ0n) is 5.66. The predicted molar refractivity (Wildman–Crippen MR) is 44.9 cm³/mol. The number of rotatable bonds is 0. The van der Waals surface area contributed by atoms with Crippen molar-refractivity contribution in [1.29, 1.82) is 0 Å². The van der Waals surface area contributed by atoms with Crippen molar-refractivity contribution in [3.05, 3.63) is 29.4 Å². The molecule has 0 radical (unpaired) electrons. The molecule has 0 aliphatic carbocycles. The van der Waals surface area contributed by atoms with E-state index in [1.54, 1.807) is 12.3 Å². The Balaban J connectivity index is 2.82. The van der Waals surface area contributed by atoms with Crippen molar-refractivity contribution in [3.8, 4) is 0 Å². The molecule has 0 unspecified atom stereocenters. The van der Waals surface area contributed by atoms with Crippen LogP contribution in [-0.4, -0.2) is 9.89 Å². The summed E-state index contributed by atoms with van der Waals surface area (Å²) >= 11 is 5.75. The SMILES string of the molecule is Nn1cc2cc(Cl)ccc2n1. The van der Waals surface area contributed by atoms with Gasteiger partial charge in [0.25, 0.3) is 0 Å². The van der Waals surface area contributed by atoms with Gasteiger partial charge in [0.05, 0.1) is 11.7 Å². The maximum atomic E-state index is 5.75. The molecule has 11 heavy (non-hydrogen) atoms. The summed E-state index contributed by atoms with van der Waals surface area (Å²) in [5.41, 5.74) is 0.858. The molecule has 0 saturated heterocycles. The zero-order chi connectivity index (χ0) is 7.84. The van der Waals surface area contributed by atoms with E-state index in [-0.39, 0.29) is 0 Å². The van der Waals surface area contributed by atoms with E-state index in [4.69, 9.17) is 17.4 Å². The Morgan fingerprint density at radius 2 is 2.27 bits per heavy atom. The second-order valence-electron chi connectivity index (χ2n) is 2.31. The standard InChI is InChI=1S/C7H6ClN3/c8-6-1-2-7-5(3-6)4-11(9)10-7/h1-4H,9H2. The van der Waals surface area contributed by atoms with Gasteiger partial charge in [0.15, 0.2) is 0 Å². The monoisotopic (exact) mass is 167 g/mol. The largest absolute Gasteiger partial charge is 0.323 e. The zero-order valence-corrected chi connectivity index (χ0v) is 6.42. The molecule has 2 rings (SSSR count). The van der Waals surface area contributed by atoms with Gasteiger partial charge in [-0.3, -0.25) is 0 Å². The Morgan fingerprint density at radius 1 is 1.45 bits per heavy atom. The van der Waals surface area contributed by atoms with Gasteiger partial charge in [0.2, 0.25) is 0 Å². The molecule has 0 spiro atoms. The number of hydrogen-bond donors (Lipinski definition) is 1. The Kier molecular flexibility index (Phi) is 1.26. The van der Waals surface area contributed by atoms with E-state index in [1.807, 2.05) is 12.1 Å². The fraction of sp³-hybridized carbons (Fsp3) is 0. The average molecular weight is 168 g/mol. The molecule has 0 amide bonds. The minimum atomic E-state index is 0.700. The van der Waals surface area contributed by atoms with Crippen LogP contribution in [0.3, 0.4) is 0 Å². The molecule has 1 aromatic heterocycles. The third-order valence-electron chi connectivity index (χ3n) is 1.48. The number of nitrogens with two attached hydrogens (primary N) is 1. The van der Waals surface area contributed by atoms with Crippen LogP contribution in [0.5, 0.6) is 0 Å². The van der Waals surface area contributed by atoms with Crippen LogP contribution in [-0.2, 0) is 0 Å². The summed E-state index contributed by atoms with van der Waals surface area (Å²) in [6.07, 6.45) is 1.72. The fourth-order valence-electron chi connectivity index (χ4n) is 1.02. The molecule has 2 N–H and O–H groups in total. The molecular weight excluding hydrogens is 162 g/mol. The number of hydrogen-bond acceptors (Lipinski definition) is 2. The van der Waals surface area contributed by atoms with Crippen molar-refractivity contribution in [1.82, 2.24) is 9.89 Å². The molecule has 1 heterocycles. The Hall–Kier alpha value is -1.22. The van der Waals surface area contributed by atoms with Gasteiger partial charge < -0.3 is 5.84 Å².